The van der Waals surface area contributed by atoms with Crippen LogP contribution in [0.15, 0.2) is 54.6 Å². The molecule has 0 saturated heterocycles. The van der Waals surface area contributed by atoms with Gasteiger partial charge in [0.2, 0.25) is 0 Å². The van der Waals surface area contributed by atoms with Gasteiger partial charge in [0, 0.05) is 23.0 Å². The number of nitrogens with one attached hydrogen (secondary N) is 1. The van der Waals surface area contributed by atoms with Crippen LogP contribution in [-0.4, -0.2) is 8.76 Å². The predicted octanol–water partition coefficient (Wildman–Crippen LogP) is 2.68. The Morgan fingerprint density at radius 1 is 1.00 bits per heavy atom. The summed E-state index contributed by atoms with van der Waals surface area (Å²) in [5, 5.41) is 0. The number of hydrogen-bond donors (Lipinski definition) is 1. The van der Waals surface area contributed by atoms with Crippen LogP contribution in [0.25, 0.3) is 0 Å². The van der Waals surface area contributed by atoms with Gasteiger partial charge in [0.05, 0.1) is 0 Å². The van der Waals surface area contributed by atoms with E-state index >= 15 is 0 Å². The van der Waals surface area contributed by atoms with Crippen LogP contribution in [0.3, 0.4) is 0 Å². The summed E-state index contributed by atoms with van der Waals surface area (Å²) in [6.07, 6.45) is 0. The van der Waals surface area contributed by atoms with Crippen LogP contribution in [0.1, 0.15) is 0 Å². The molecule has 0 radical (unpaired) electrons. The van der Waals surface area contributed by atoms with Gasteiger partial charge in [-0.1, -0.05) is 24.3 Å². The Morgan fingerprint density at radius 3 is 2.41 bits per heavy atom. The first-order valence-corrected chi connectivity index (χ1v) is 6.00. The first-order valence-electron chi connectivity index (χ1n) is 4.93. The molecule has 0 amide bonds. The summed E-state index contributed by atoms with van der Waals surface area (Å²) in [7, 11) is 0. The molecule has 2 rings (SSSR count). The third kappa shape index (κ3) is 3.58. The molecule has 2 aromatic rings. The maximum Gasteiger partial charge on any atom is 0.129 e. The molecule has 2 aromatic carbocycles. The summed E-state index contributed by atoms with van der Waals surface area (Å²) < 4.78 is 28.8. The topological polar surface area (TPSA) is 61.4 Å². The highest BCUT2D eigenvalue weighted by Gasteiger charge is 1.98. The molecular weight excluding hydrogens is 238 g/mol. The molecule has 0 aliphatic carbocycles. The molecule has 17 heavy (non-hydrogen) atoms. The molecule has 0 bridgehead atoms. The average Bonchev–Trinajstić information content (AvgIpc) is 2.30. The molecule has 0 aliphatic heterocycles. The minimum atomic E-state index is -2.33. The van der Waals surface area contributed by atoms with Crippen molar-refractivity contribution in [2.24, 2.45) is 0 Å². The van der Waals surface area contributed by atoms with Crippen molar-refractivity contribution in [1.82, 2.24) is 0 Å². The lowest BCUT2D eigenvalue weighted by atomic mass is 10.3. The second-order valence-corrected chi connectivity index (χ2v) is 3.95. The fourth-order valence-corrected chi connectivity index (χ4v) is 1.66. The zero-order chi connectivity index (χ0) is 12.1. The van der Waals surface area contributed by atoms with Crippen molar-refractivity contribution in [2.75, 3.05) is 4.72 Å². The summed E-state index contributed by atoms with van der Waals surface area (Å²) >= 11 is -2.33. The van der Waals surface area contributed by atoms with Crippen LogP contribution >= 0.6 is 0 Å². The van der Waals surface area contributed by atoms with Crippen molar-refractivity contribution in [3.63, 3.8) is 0 Å². The largest absolute Gasteiger partial charge is 0.755 e. The Bertz CT molecular complexity index is 516. The highest BCUT2D eigenvalue weighted by Crippen LogP contribution is 2.23. The van der Waals surface area contributed by atoms with E-state index in [0.717, 1.165) is 0 Å². The summed E-state index contributed by atoms with van der Waals surface area (Å²) in [5.41, 5.74) is 0.465. The minimum absolute atomic E-state index is 0.465. The lowest BCUT2D eigenvalue weighted by Gasteiger charge is -2.10. The van der Waals surface area contributed by atoms with E-state index in [-0.39, 0.29) is 0 Å². The molecule has 1 N–H and O–H groups in total. The normalized spacial score (nSPS) is 11.8. The lowest BCUT2D eigenvalue weighted by Crippen LogP contribution is -2.01. The molecule has 0 fully saturated rings. The van der Waals surface area contributed by atoms with Gasteiger partial charge in [0.25, 0.3) is 0 Å². The first-order chi connectivity index (χ1) is 8.24. The van der Waals surface area contributed by atoms with Crippen molar-refractivity contribution in [3.8, 4) is 11.5 Å². The monoisotopic (exact) mass is 248 g/mol. The Kier molecular flexibility index (Phi) is 3.74. The Balaban J connectivity index is 2.14. The maximum atomic E-state index is 10.5. The van der Waals surface area contributed by atoms with Gasteiger partial charge in [0.15, 0.2) is 0 Å². The highest BCUT2D eigenvalue weighted by molar-refractivity contribution is 7.80. The highest BCUT2D eigenvalue weighted by atomic mass is 32.2. The fraction of sp³-hybridized carbons (Fsp3) is 0. The van der Waals surface area contributed by atoms with E-state index in [2.05, 4.69) is 4.72 Å². The van der Waals surface area contributed by atoms with Gasteiger partial charge in [-0.25, -0.2) is 0 Å². The van der Waals surface area contributed by atoms with Crippen molar-refractivity contribution >= 4 is 17.0 Å². The van der Waals surface area contributed by atoms with E-state index < -0.39 is 11.3 Å². The van der Waals surface area contributed by atoms with Crippen LogP contribution in [0, 0.1) is 0 Å². The standard InChI is InChI=1S/C12H11NO3S/c14-17(15)13-10-5-4-8-12(9-10)16-11-6-2-1-3-7-11/h1-9,13H,(H,14,15)/p-1. The Hall–Kier alpha value is -1.85. The molecule has 0 aromatic heterocycles. The average molecular weight is 248 g/mol. The van der Waals surface area contributed by atoms with Crippen LogP contribution < -0.4 is 9.46 Å². The second-order valence-electron chi connectivity index (χ2n) is 3.28. The van der Waals surface area contributed by atoms with Crippen molar-refractivity contribution in [2.45, 2.75) is 0 Å². The molecule has 0 saturated carbocycles. The van der Waals surface area contributed by atoms with E-state index in [1.54, 1.807) is 24.3 Å². The Labute approximate surface area is 102 Å². The van der Waals surface area contributed by atoms with E-state index in [1.807, 2.05) is 30.3 Å². The van der Waals surface area contributed by atoms with E-state index in [1.165, 1.54) is 0 Å². The van der Waals surface area contributed by atoms with Gasteiger partial charge >= 0.3 is 0 Å². The molecule has 5 heteroatoms. The molecule has 0 spiro atoms. The summed E-state index contributed by atoms with van der Waals surface area (Å²) in [5.74, 6) is 1.28. The number of para-hydroxylation sites is 1. The van der Waals surface area contributed by atoms with E-state index in [0.29, 0.717) is 17.2 Å². The molecule has 88 valence electrons. The van der Waals surface area contributed by atoms with Gasteiger partial charge < -0.3 is 14.0 Å². The molecule has 4 nitrogen and oxygen atoms in total. The number of rotatable bonds is 4. The SMILES string of the molecule is O=S([O-])Nc1cccc(Oc2ccccc2)c1. The molecular formula is C12H10NO3S-. The quantitative estimate of drug-likeness (QED) is 0.846. The summed E-state index contributed by atoms with van der Waals surface area (Å²) in [6.45, 7) is 0. The van der Waals surface area contributed by atoms with Crippen molar-refractivity contribution in [3.05, 3.63) is 54.6 Å². The smallest absolute Gasteiger partial charge is 0.129 e. The van der Waals surface area contributed by atoms with Gasteiger partial charge in [-0.05, 0) is 24.3 Å². The summed E-state index contributed by atoms with van der Waals surface area (Å²) in [6, 6.07) is 16.0. The number of ether oxygens (including phenoxy) is 1. The fourth-order valence-electron chi connectivity index (χ4n) is 1.34. The van der Waals surface area contributed by atoms with Gasteiger partial charge in [-0.15, -0.1) is 0 Å². The molecule has 0 aliphatic rings. The molecule has 0 heterocycles. The molecule has 1 atom stereocenters. The van der Waals surface area contributed by atoms with Gasteiger partial charge in [-0.3, -0.25) is 4.21 Å². The van der Waals surface area contributed by atoms with Crippen LogP contribution in [-0.2, 0) is 11.3 Å². The second kappa shape index (κ2) is 5.47. The third-order valence-corrected chi connectivity index (χ3v) is 2.42. The number of hydrogen-bond acceptors (Lipinski definition) is 3. The summed E-state index contributed by atoms with van der Waals surface area (Å²) in [4.78, 5) is 0. The maximum absolute atomic E-state index is 10.5. The van der Waals surface area contributed by atoms with Crippen molar-refractivity contribution in [1.29, 1.82) is 0 Å². The van der Waals surface area contributed by atoms with Crippen molar-refractivity contribution < 1.29 is 13.5 Å². The number of anilines is 1. The van der Waals surface area contributed by atoms with Gasteiger partial charge in [-0.2, -0.15) is 0 Å². The minimum Gasteiger partial charge on any atom is -0.755 e. The first kappa shape index (κ1) is 11.6. The lowest BCUT2D eigenvalue weighted by molar-refractivity contribution is 0.483. The van der Waals surface area contributed by atoms with E-state index in [9.17, 15) is 8.76 Å². The third-order valence-electron chi connectivity index (χ3n) is 2.01. The zero-order valence-electron chi connectivity index (χ0n) is 8.83. The van der Waals surface area contributed by atoms with E-state index in [4.69, 9.17) is 4.74 Å². The zero-order valence-corrected chi connectivity index (χ0v) is 9.65. The number of benzene rings is 2. The predicted molar refractivity (Wildman–Crippen MR) is 65.5 cm³/mol. The van der Waals surface area contributed by atoms with Crippen LogP contribution in [0.5, 0.6) is 11.5 Å². The van der Waals surface area contributed by atoms with Gasteiger partial charge in [0.1, 0.15) is 11.5 Å². The Morgan fingerprint density at radius 2 is 1.71 bits per heavy atom. The van der Waals surface area contributed by atoms with Crippen LogP contribution in [0.4, 0.5) is 5.69 Å². The molecule has 1 unspecified atom stereocenters. The van der Waals surface area contributed by atoms with Crippen LogP contribution in [0.2, 0.25) is 0 Å².